The van der Waals surface area contributed by atoms with E-state index in [2.05, 4.69) is 0 Å². The molecule has 0 radical (unpaired) electrons. The van der Waals surface area contributed by atoms with Crippen molar-refractivity contribution in [3.8, 4) is 0 Å². The van der Waals surface area contributed by atoms with Crippen LogP contribution in [0, 0.1) is 5.92 Å². The Morgan fingerprint density at radius 1 is 1.18 bits per heavy atom. The average molecular weight is 285 g/mol. The first-order valence-corrected chi connectivity index (χ1v) is 5.51. The van der Waals surface area contributed by atoms with Crippen molar-refractivity contribution in [1.29, 1.82) is 0 Å². The minimum absolute atomic E-state index is 0.0136. The fraction of sp³-hybridized carbons (Fsp3) is 0.364. The minimum Gasteiger partial charge on any atom is -0.294 e. The fourth-order valence-corrected chi connectivity index (χ4v) is 1.80. The van der Waals surface area contributed by atoms with E-state index in [4.69, 9.17) is 23.2 Å². The van der Waals surface area contributed by atoms with E-state index in [1.54, 1.807) is 13.8 Å². The van der Waals surface area contributed by atoms with Crippen LogP contribution in [0.5, 0.6) is 0 Å². The zero-order chi connectivity index (χ0) is 13.4. The number of rotatable bonds is 2. The van der Waals surface area contributed by atoms with E-state index in [0.29, 0.717) is 0 Å². The van der Waals surface area contributed by atoms with Crippen LogP contribution in [0.4, 0.5) is 13.2 Å². The maximum Gasteiger partial charge on any atom is 0.417 e. The number of carbonyl (C=O) groups excluding carboxylic acids is 1. The Kier molecular flexibility index (Phi) is 4.10. The van der Waals surface area contributed by atoms with Crippen molar-refractivity contribution < 1.29 is 18.0 Å². The van der Waals surface area contributed by atoms with Crippen LogP contribution in [-0.2, 0) is 6.18 Å². The standard InChI is InChI=1S/C11H9Cl2F3O/c1-5(2)10(17)6-3-4-7(11(14,15)16)9(13)8(6)12/h3-5H,1-2H3. The molecular formula is C11H9Cl2F3O. The van der Waals surface area contributed by atoms with Gasteiger partial charge in [0.2, 0.25) is 0 Å². The second kappa shape index (κ2) is 4.86. The maximum atomic E-state index is 12.5. The molecule has 0 aliphatic rings. The normalized spacial score (nSPS) is 12.0. The number of ketones is 1. The number of halogens is 5. The van der Waals surface area contributed by atoms with Crippen LogP contribution in [0.3, 0.4) is 0 Å². The van der Waals surface area contributed by atoms with Gasteiger partial charge in [-0.2, -0.15) is 13.2 Å². The van der Waals surface area contributed by atoms with Crippen molar-refractivity contribution in [2.45, 2.75) is 20.0 Å². The Morgan fingerprint density at radius 3 is 2.12 bits per heavy atom. The van der Waals surface area contributed by atoms with Gasteiger partial charge in [0.05, 0.1) is 15.6 Å². The molecule has 0 aromatic heterocycles. The smallest absolute Gasteiger partial charge is 0.294 e. The van der Waals surface area contributed by atoms with E-state index < -0.39 is 16.8 Å². The highest BCUT2D eigenvalue weighted by Crippen LogP contribution is 2.39. The first kappa shape index (κ1) is 14.3. The Labute approximate surface area is 107 Å². The van der Waals surface area contributed by atoms with Crippen molar-refractivity contribution >= 4 is 29.0 Å². The summed E-state index contributed by atoms with van der Waals surface area (Å²) in [6.07, 6.45) is -4.58. The van der Waals surface area contributed by atoms with Gasteiger partial charge in [0.15, 0.2) is 5.78 Å². The lowest BCUT2D eigenvalue weighted by atomic mass is 10.00. The Morgan fingerprint density at radius 2 is 1.71 bits per heavy atom. The third-order valence-corrected chi connectivity index (χ3v) is 3.06. The van der Waals surface area contributed by atoms with Gasteiger partial charge < -0.3 is 0 Å². The number of Topliss-reactive ketones (excluding diaryl/α,β-unsaturated/α-hetero) is 1. The van der Waals surface area contributed by atoms with Crippen LogP contribution in [0.1, 0.15) is 29.8 Å². The first-order chi connectivity index (χ1) is 7.66. The molecule has 1 aromatic rings. The molecular weight excluding hydrogens is 276 g/mol. The van der Waals surface area contributed by atoms with E-state index >= 15 is 0 Å². The monoisotopic (exact) mass is 284 g/mol. The maximum absolute atomic E-state index is 12.5. The highest BCUT2D eigenvalue weighted by Gasteiger charge is 2.35. The molecule has 0 atom stereocenters. The lowest BCUT2D eigenvalue weighted by Crippen LogP contribution is -2.11. The van der Waals surface area contributed by atoms with Gasteiger partial charge in [-0.1, -0.05) is 37.0 Å². The molecule has 0 aliphatic carbocycles. The molecule has 0 spiro atoms. The van der Waals surface area contributed by atoms with Crippen molar-refractivity contribution in [2.24, 2.45) is 5.92 Å². The molecule has 1 nitrogen and oxygen atoms in total. The molecule has 1 rings (SSSR count). The number of benzene rings is 1. The number of hydrogen-bond donors (Lipinski definition) is 0. The molecule has 17 heavy (non-hydrogen) atoms. The second-order valence-electron chi connectivity index (χ2n) is 3.81. The van der Waals surface area contributed by atoms with Crippen LogP contribution >= 0.6 is 23.2 Å². The van der Waals surface area contributed by atoms with Crippen molar-refractivity contribution in [1.82, 2.24) is 0 Å². The summed E-state index contributed by atoms with van der Waals surface area (Å²) in [6.45, 7) is 3.26. The molecule has 0 bridgehead atoms. The van der Waals surface area contributed by atoms with Gasteiger partial charge >= 0.3 is 6.18 Å². The number of carbonyl (C=O) groups is 1. The number of alkyl halides is 3. The van der Waals surface area contributed by atoms with Crippen LogP contribution in [0.25, 0.3) is 0 Å². The van der Waals surface area contributed by atoms with Gasteiger partial charge in [-0.3, -0.25) is 4.79 Å². The molecule has 0 fully saturated rings. The SMILES string of the molecule is CC(C)C(=O)c1ccc(C(F)(F)F)c(Cl)c1Cl. The lowest BCUT2D eigenvalue weighted by Gasteiger charge is -2.13. The van der Waals surface area contributed by atoms with Gasteiger partial charge in [0, 0.05) is 11.5 Å². The quantitative estimate of drug-likeness (QED) is 0.710. The molecule has 0 N–H and O–H groups in total. The van der Waals surface area contributed by atoms with E-state index in [9.17, 15) is 18.0 Å². The molecule has 0 aliphatic heterocycles. The summed E-state index contributed by atoms with van der Waals surface area (Å²) >= 11 is 11.2. The van der Waals surface area contributed by atoms with Crippen LogP contribution in [-0.4, -0.2) is 5.78 Å². The zero-order valence-electron chi connectivity index (χ0n) is 9.03. The predicted molar refractivity (Wildman–Crippen MR) is 60.6 cm³/mol. The van der Waals surface area contributed by atoms with E-state index in [1.165, 1.54) is 0 Å². The van der Waals surface area contributed by atoms with E-state index in [1.807, 2.05) is 0 Å². The summed E-state index contributed by atoms with van der Waals surface area (Å²) < 4.78 is 37.5. The van der Waals surface area contributed by atoms with Crippen LogP contribution in [0.15, 0.2) is 12.1 Å². The summed E-state index contributed by atoms with van der Waals surface area (Å²) in [5.41, 5.74) is -1.02. The minimum atomic E-state index is -4.58. The van der Waals surface area contributed by atoms with Gasteiger partial charge in [0.1, 0.15) is 0 Å². The van der Waals surface area contributed by atoms with Gasteiger partial charge in [0.25, 0.3) is 0 Å². The molecule has 1 aromatic carbocycles. The molecule has 0 heterocycles. The molecule has 0 saturated carbocycles. The van der Waals surface area contributed by atoms with Gasteiger partial charge in [-0.15, -0.1) is 0 Å². The Hall–Kier alpha value is -0.740. The summed E-state index contributed by atoms with van der Waals surface area (Å²) in [5.74, 6) is -0.703. The van der Waals surface area contributed by atoms with Gasteiger partial charge in [-0.25, -0.2) is 0 Å². The molecule has 0 saturated heterocycles. The van der Waals surface area contributed by atoms with E-state index in [0.717, 1.165) is 12.1 Å². The Balaban J connectivity index is 3.35. The molecule has 0 amide bonds. The second-order valence-corrected chi connectivity index (χ2v) is 4.56. The first-order valence-electron chi connectivity index (χ1n) is 4.75. The Bertz CT molecular complexity index is 453. The predicted octanol–water partition coefficient (Wildman–Crippen LogP) is 4.85. The van der Waals surface area contributed by atoms with Crippen molar-refractivity contribution in [3.63, 3.8) is 0 Å². The van der Waals surface area contributed by atoms with Gasteiger partial charge in [-0.05, 0) is 12.1 Å². The summed E-state index contributed by atoms with van der Waals surface area (Å²) in [4.78, 5) is 11.7. The van der Waals surface area contributed by atoms with Crippen molar-refractivity contribution in [2.75, 3.05) is 0 Å². The fourth-order valence-electron chi connectivity index (χ4n) is 1.27. The van der Waals surface area contributed by atoms with Crippen LogP contribution < -0.4 is 0 Å². The topological polar surface area (TPSA) is 17.1 Å². The third-order valence-electron chi connectivity index (χ3n) is 2.18. The third kappa shape index (κ3) is 2.93. The largest absolute Gasteiger partial charge is 0.417 e. The lowest BCUT2D eigenvalue weighted by molar-refractivity contribution is -0.137. The molecule has 6 heteroatoms. The highest BCUT2D eigenvalue weighted by molar-refractivity contribution is 6.44. The summed E-state index contributed by atoms with van der Waals surface area (Å²) in [5, 5.41) is -0.981. The summed E-state index contributed by atoms with van der Waals surface area (Å²) in [7, 11) is 0. The summed E-state index contributed by atoms with van der Waals surface area (Å²) in [6, 6.07) is 1.82. The zero-order valence-corrected chi connectivity index (χ0v) is 10.5. The molecule has 0 unspecified atom stereocenters. The van der Waals surface area contributed by atoms with Crippen molar-refractivity contribution in [3.05, 3.63) is 33.3 Å². The number of hydrogen-bond acceptors (Lipinski definition) is 1. The van der Waals surface area contributed by atoms with Crippen LogP contribution in [0.2, 0.25) is 10.0 Å². The molecule has 94 valence electrons. The van der Waals surface area contributed by atoms with E-state index in [-0.39, 0.29) is 22.3 Å². The highest BCUT2D eigenvalue weighted by atomic mass is 35.5. The average Bonchev–Trinajstić information content (AvgIpc) is 2.19.